The van der Waals surface area contributed by atoms with Gasteiger partial charge in [-0.15, -0.1) is 0 Å². The van der Waals surface area contributed by atoms with Gasteiger partial charge in [-0.05, 0) is 92.8 Å². The minimum absolute atomic E-state index is 0.0134. The minimum atomic E-state index is -1.03. The summed E-state index contributed by atoms with van der Waals surface area (Å²) >= 11 is 0. The molecule has 0 unspecified atom stereocenters. The summed E-state index contributed by atoms with van der Waals surface area (Å²) in [6, 6.07) is 12.9. The molecule has 6 rings (SSSR count). The van der Waals surface area contributed by atoms with Gasteiger partial charge in [0.05, 0.1) is 28.6 Å². The molecular formula is C36H42FN3O4. The molecule has 3 aliphatic rings. The molecule has 1 saturated heterocycles. The van der Waals surface area contributed by atoms with Crippen molar-refractivity contribution >= 4 is 11.9 Å². The number of rotatable bonds is 10. The van der Waals surface area contributed by atoms with Crippen LogP contribution in [0.2, 0.25) is 0 Å². The Hall–Kier alpha value is -3.78. The van der Waals surface area contributed by atoms with Gasteiger partial charge in [0.25, 0.3) is 5.91 Å². The normalized spacial score (nSPS) is 17.7. The molecule has 2 fully saturated rings. The van der Waals surface area contributed by atoms with Gasteiger partial charge in [-0.3, -0.25) is 14.7 Å². The summed E-state index contributed by atoms with van der Waals surface area (Å²) < 4.78 is 20.1. The van der Waals surface area contributed by atoms with Crippen LogP contribution in [0.1, 0.15) is 102 Å². The Morgan fingerprint density at radius 1 is 1.07 bits per heavy atom. The zero-order valence-corrected chi connectivity index (χ0v) is 25.9. The molecule has 0 spiro atoms. The third kappa shape index (κ3) is 6.36. The van der Waals surface area contributed by atoms with Crippen LogP contribution in [0.15, 0.2) is 42.5 Å². The van der Waals surface area contributed by atoms with Gasteiger partial charge < -0.3 is 14.7 Å². The lowest BCUT2D eigenvalue weighted by Crippen LogP contribution is -2.50. The van der Waals surface area contributed by atoms with Crippen molar-refractivity contribution in [3.63, 3.8) is 0 Å². The standard InChI is InChI=1S/C36H42FN3O4/c1-4-5-31-30(36(42)43)20-29-32(38-31)14-17-40(35(29)41)27-12-15-39(16-13-27)21-23-18-28(24-6-7-24)34(33(19-23)44-22(2)3)25-8-10-26(37)11-9-25/h8-11,18-20,22,24,27H,4-7,12-17,21H2,1-3H3,(H,42,43). The monoisotopic (exact) mass is 599 g/mol. The van der Waals surface area contributed by atoms with Gasteiger partial charge in [-0.1, -0.05) is 31.5 Å². The molecule has 3 heterocycles. The smallest absolute Gasteiger partial charge is 0.337 e. The lowest BCUT2D eigenvalue weighted by molar-refractivity contribution is 0.0543. The van der Waals surface area contributed by atoms with Crippen molar-refractivity contribution in [3.05, 3.63) is 81.9 Å². The van der Waals surface area contributed by atoms with E-state index in [4.69, 9.17) is 4.74 Å². The number of ether oxygens (including phenoxy) is 1. The fourth-order valence-electron chi connectivity index (χ4n) is 6.84. The first kappa shape index (κ1) is 30.3. The Labute approximate surface area is 259 Å². The molecule has 0 bridgehead atoms. The molecular weight excluding hydrogens is 557 g/mol. The van der Waals surface area contributed by atoms with Crippen LogP contribution in [0.3, 0.4) is 0 Å². The Bertz CT molecular complexity index is 1540. The third-order valence-electron chi connectivity index (χ3n) is 9.09. The second-order valence-electron chi connectivity index (χ2n) is 12.8. The Kier molecular flexibility index (Phi) is 8.72. The number of piperidine rings is 1. The van der Waals surface area contributed by atoms with Gasteiger partial charge in [0, 0.05) is 44.2 Å². The first-order chi connectivity index (χ1) is 21.2. The summed E-state index contributed by atoms with van der Waals surface area (Å²) in [4.78, 5) is 34.5. The molecule has 1 N–H and O–H groups in total. The summed E-state index contributed by atoms with van der Waals surface area (Å²) in [7, 11) is 0. The number of hydrogen-bond donors (Lipinski definition) is 1. The Balaban J connectivity index is 1.17. The summed E-state index contributed by atoms with van der Waals surface area (Å²) in [5, 5.41) is 9.75. The maximum Gasteiger partial charge on any atom is 0.337 e. The van der Waals surface area contributed by atoms with Crippen LogP contribution in [0.25, 0.3) is 11.1 Å². The van der Waals surface area contributed by atoms with E-state index in [2.05, 4.69) is 22.0 Å². The molecule has 0 atom stereocenters. The van der Waals surface area contributed by atoms with Crippen molar-refractivity contribution in [1.29, 1.82) is 0 Å². The van der Waals surface area contributed by atoms with Gasteiger partial charge in [0.2, 0.25) is 0 Å². The second-order valence-corrected chi connectivity index (χ2v) is 12.8. The van der Waals surface area contributed by atoms with Crippen molar-refractivity contribution in [2.45, 2.75) is 90.3 Å². The number of halogens is 1. The fraction of sp³-hybridized carbons (Fsp3) is 0.472. The van der Waals surface area contributed by atoms with Gasteiger partial charge in [-0.2, -0.15) is 0 Å². The van der Waals surface area contributed by atoms with Crippen LogP contribution in [-0.4, -0.2) is 63.5 Å². The molecule has 7 nitrogen and oxygen atoms in total. The number of carboxylic acid groups (broad SMARTS) is 1. The van der Waals surface area contributed by atoms with E-state index in [1.807, 2.05) is 37.8 Å². The number of carboxylic acids is 1. The van der Waals surface area contributed by atoms with E-state index in [1.165, 1.54) is 23.3 Å². The third-order valence-corrected chi connectivity index (χ3v) is 9.09. The number of fused-ring (bicyclic) bond motifs is 1. The van der Waals surface area contributed by atoms with Gasteiger partial charge >= 0.3 is 5.97 Å². The molecule has 0 radical (unpaired) electrons. The zero-order chi connectivity index (χ0) is 31.0. The topological polar surface area (TPSA) is 83.0 Å². The molecule has 44 heavy (non-hydrogen) atoms. The van der Waals surface area contributed by atoms with E-state index in [0.29, 0.717) is 36.6 Å². The summed E-state index contributed by atoms with van der Waals surface area (Å²) in [5.41, 5.74) is 6.46. The number of nitrogens with zero attached hydrogens (tertiary/aromatic N) is 3. The Morgan fingerprint density at radius 3 is 2.43 bits per heavy atom. The number of aromatic carboxylic acids is 1. The van der Waals surface area contributed by atoms with Crippen LogP contribution in [0.4, 0.5) is 4.39 Å². The van der Waals surface area contributed by atoms with Crippen molar-refractivity contribution in [1.82, 2.24) is 14.8 Å². The number of carbonyl (C=O) groups excluding carboxylic acids is 1. The van der Waals surface area contributed by atoms with Crippen LogP contribution in [0.5, 0.6) is 5.75 Å². The van der Waals surface area contributed by atoms with Gasteiger partial charge in [0.1, 0.15) is 11.6 Å². The van der Waals surface area contributed by atoms with Crippen molar-refractivity contribution in [2.75, 3.05) is 19.6 Å². The number of hydrogen-bond acceptors (Lipinski definition) is 5. The van der Waals surface area contributed by atoms with Gasteiger partial charge in [0.15, 0.2) is 0 Å². The lowest BCUT2D eigenvalue weighted by Gasteiger charge is -2.40. The molecule has 1 saturated carbocycles. The van der Waals surface area contributed by atoms with Crippen LogP contribution in [-0.2, 0) is 19.4 Å². The van der Waals surface area contributed by atoms with E-state index >= 15 is 0 Å². The maximum absolute atomic E-state index is 13.7. The van der Waals surface area contributed by atoms with Crippen LogP contribution >= 0.6 is 0 Å². The fourth-order valence-corrected chi connectivity index (χ4v) is 6.84. The van der Waals surface area contributed by atoms with Gasteiger partial charge in [-0.25, -0.2) is 9.18 Å². The van der Waals surface area contributed by atoms with E-state index in [-0.39, 0.29) is 29.4 Å². The van der Waals surface area contributed by atoms with E-state index in [0.717, 1.165) is 74.3 Å². The van der Waals surface area contributed by atoms with E-state index < -0.39 is 5.97 Å². The highest BCUT2D eigenvalue weighted by Gasteiger charge is 2.35. The summed E-state index contributed by atoms with van der Waals surface area (Å²) in [6.07, 6.45) is 6.10. The first-order valence-electron chi connectivity index (χ1n) is 16.1. The summed E-state index contributed by atoms with van der Waals surface area (Å²) in [6.45, 7) is 9.22. The average molecular weight is 600 g/mol. The molecule has 2 aliphatic heterocycles. The maximum atomic E-state index is 13.7. The Morgan fingerprint density at radius 2 is 1.80 bits per heavy atom. The van der Waals surface area contributed by atoms with Crippen molar-refractivity contribution < 1.29 is 23.8 Å². The highest BCUT2D eigenvalue weighted by Crippen LogP contribution is 2.48. The zero-order valence-electron chi connectivity index (χ0n) is 25.9. The highest BCUT2D eigenvalue weighted by molar-refractivity contribution is 5.99. The number of pyridine rings is 1. The number of carbonyl (C=O) groups is 2. The molecule has 2 aromatic carbocycles. The van der Waals surface area contributed by atoms with E-state index in [9.17, 15) is 19.1 Å². The number of aryl methyl sites for hydroxylation is 1. The molecule has 1 aliphatic carbocycles. The molecule has 1 amide bonds. The predicted molar refractivity (Wildman–Crippen MR) is 168 cm³/mol. The first-order valence-corrected chi connectivity index (χ1v) is 16.1. The highest BCUT2D eigenvalue weighted by atomic mass is 19.1. The number of aromatic nitrogens is 1. The second kappa shape index (κ2) is 12.7. The number of amides is 1. The number of benzene rings is 2. The van der Waals surface area contributed by atoms with Crippen molar-refractivity contribution in [3.8, 4) is 16.9 Å². The predicted octanol–water partition coefficient (Wildman–Crippen LogP) is 6.87. The molecule has 1 aromatic heterocycles. The lowest BCUT2D eigenvalue weighted by atomic mass is 9.92. The van der Waals surface area contributed by atoms with Crippen molar-refractivity contribution in [2.24, 2.45) is 0 Å². The van der Waals surface area contributed by atoms with E-state index in [1.54, 1.807) is 6.07 Å². The SMILES string of the molecule is CCCc1nc2c(cc1C(=O)O)C(=O)N(C1CCN(Cc3cc(OC(C)C)c(-c4ccc(F)cc4)c(C4CC4)c3)CC1)CC2. The number of likely N-dealkylation sites (tertiary alicyclic amines) is 1. The average Bonchev–Trinajstić information content (AvgIpc) is 3.84. The van der Waals surface area contributed by atoms with Crippen LogP contribution < -0.4 is 4.74 Å². The quantitative estimate of drug-likeness (QED) is 0.274. The molecule has 3 aromatic rings. The largest absolute Gasteiger partial charge is 0.490 e. The molecule has 232 valence electrons. The minimum Gasteiger partial charge on any atom is -0.490 e. The summed E-state index contributed by atoms with van der Waals surface area (Å²) in [5.74, 6) is -0.0122. The molecule has 8 heteroatoms. The van der Waals surface area contributed by atoms with Crippen LogP contribution in [0, 0.1) is 5.82 Å².